The van der Waals surface area contributed by atoms with E-state index in [-0.39, 0.29) is 11.6 Å². The highest BCUT2D eigenvalue weighted by Crippen LogP contribution is 2.23. The third kappa shape index (κ3) is 5.58. The molecule has 1 aliphatic carbocycles. The summed E-state index contributed by atoms with van der Waals surface area (Å²) in [6.07, 6.45) is 5.91. The van der Waals surface area contributed by atoms with E-state index in [9.17, 15) is 4.79 Å². The standard InChI is InChI=1S/C18H28N2O2/c1-18(2,3)22-16-12-8-7-9-14(16)13-19-17(21)20-15-10-5-4-6-11-15/h7-9,12,15H,4-6,10-11,13H2,1-3H3,(H2,19,20,21). The Morgan fingerprint density at radius 3 is 2.55 bits per heavy atom. The lowest BCUT2D eigenvalue weighted by Gasteiger charge is -2.24. The second-order valence-electron chi connectivity index (χ2n) is 6.98. The molecule has 2 amide bonds. The molecule has 0 heterocycles. The molecule has 0 atom stereocenters. The number of benzene rings is 1. The van der Waals surface area contributed by atoms with Gasteiger partial charge >= 0.3 is 6.03 Å². The Kier molecular flexibility index (Phi) is 5.69. The smallest absolute Gasteiger partial charge is 0.315 e. The topological polar surface area (TPSA) is 50.4 Å². The van der Waals surface area contributed by atoms with Gasteiger partial charge in [-0.05, 0) is 39.7 Å². The molecular formula is C18H28N2O2. The van der Waals surface area contributed by atoms with Gasteiger partial charge in [-0.1, -0.05) is 37.5 Å². The molecule has 0 radical (unpaired) electrons. The lowest BCUT2D eigenvalue weighted by atomic mass is 9.96. The zero-order valence-corrected chi connectivity index (χ0v) is 13.9. The van der Waals surface area contributed by atoms with Crippen LogP contribution in [0.5, 0.6) is 5.75 Å². The van der Waals surface area contributed by atoms with Crippen LogP contribution in [0.15, 0.2) is 24.3 Å². The summed E-state index contributed by atoms with van der Waals surface area (Å²) < 4.78 is 5.94. The SMILES string of the molecule is CC(C)(C)Oc1ccccc1CNC(=O)NC1CCCCC1. The normalized spacial score (nSPS) is 16.1. The maximum atomic E-state index is 12.0. The number of para-hydroxylation sites is 1. The quantitative estimate of drug-likeness (QED) is 0.883. The molecule has 1 saturated carbocycles. The summed E-state index contributed by atoms with van der Waals surface area (Å²) in [5, 5.41) is 6.01. The first-order valence-corrected chi connectivity index (χ1v) is 8.25. The minimum absolute atomic E-state index is 0.0857. The first kappa shape index (κ1) is 16.7. The van der Waals surface area contributed by atoms with Crippen molar-refractivity contribution in [3.05, 3.63) is 29.8 Å². The third-order valence-electron chi connectivity index (χ3n) is 3.77. The molecule has 22 heavy (non-hydrogen) atoms. The predicted octanol–water partition coefficient (Wildman–Crippen LogP) is 4.00. The molecule has 1 aromatic carbocycles. The molecule has 2 N–H and O–H groups in total. The van der Waals surface area contributed by atoms with Gasteiger partial charge in [-0.3, -0.25) is 0 Å². The molecule has 0 bridgehead atoms. The fraction of sp³-hybridized carbons (Fsp3) is 0.611. The second-order valence-corrected chi connectivity index (χ2v) is 6.98. The largest absolute Gasteiger partial charge is 0.488 e. The summed E-state index contributed by atoms with van der Waals surface area (Å²) in [5.41, 5.74) is 0.747. The van der Waals surface area contributed by atoms with E-state index in [1.54, 1.807) is 0 Å². The summed E-state index contributed by atoms with van der Waals surface area (Å²) in [5.74, 6) is 0.827. The van der Waals surface area contributed by atoms with Gasteiger partial charge in [0.1, 0.15) is 11.4 Å². The van der Waals surface area contributed by atoms with Gasteiger partial charge < -0.3 is 15.4 Å². The van der Waals surface area contributed by atoms with Gasteiger partial charge in [0, 0.05) is 18.2 Å². The Balaban J connectivity index is 1.86. The van der Waals surface area contributed by atoms with Crippen LogP contribution >= 0.6 is 0 Å². The molecule has 122 valence electrons. The Morgan fingerprint density at radius 2 is 1.86 bits per heavy atom. The zero-order valence-electron chi connectivity index (χ0n) is 13.9. The fourth-order valence-corrected chi connectivity index (χ4v) is 2.74. The van der Waals surface area contributed by atoms with E-state index in [1.807, 2.05) is 45.0 Å². The van der Waals surface area contributed by atoms with Crippen LogP contribution in [0.1, 0.15) is 58.4 Å². The van der Waals surface area contributed by atoms with Crippen LogP contribution in [0.2, 0.25) is 0 Å². The third-order valence-corrected chi connectivity index (χ3v) is 3.77. The Labute approximate surface area is 133 Å². The molecule has 0 unspecified atom stereocenters. The predicted molar refractivity (Wildman–Crippen MR) is 89.1 cm³/mol. The van der Waals surface area contributed by atoms with Gasteiger partial charge in [0.25, 0.3) is 0 Å². The van der Waals surface area contributed by atoms with E-state index in [0.29, 0.717) is 12.6 Å². The van der Waals surface area contributed by atoms with Gasteiger partial charge in [0.2, 0.25) is 0 Å². The highest BCUT2D eigenvalue weighted by Gasteiger charge is 2.17. The fourth-order valence-electron chi connectivity index (χ4n) is 2.74. The number of ether oxygens (including phenoxy) is 1. The molecule has 1 aromatic rings. The molecule has 0 aromatic heterocycles. The molecule has 0 saturated heterocycles. The average Bonchev–Trinajstić information content (AvgIpc) is 2.46. The van der Waals surface area contributed by atoms with Crippen LogP contribution in [-0.4, -0.2) is 17.7 Å². The molecule has 4 heteroatoms. The number of hydrogen-bond acceptors (Lipinski definition) is 2. The lowest BCUT2D eigenvalue weighted by Crippen LogP contribution is -2.42. The number of hydrogen-bond donors (Lipinski definition) is 2. The van der Waals surface area contributed by atoms with E-state index in [1.165, 1.54) is 19.3 Å². The van der Waals surface area contributed by atoms with Crippen LogP contribution in [0, 0.1) is 0 Å². The minimum atomic E-state index is -0.250. The molecule has 2 rings (SSSR count). The molecular weight excluding hydrogens is 276 g/mol. The Morgan fingerprint density at radius 1 is 1.18 bits per heavy atom. The van der Waals surface area contributed by atoms with Crippen molar-refractivity contribution in [3.63, 3.8) is 0 Å². The van der Waals surface area contributed by atoms with Gasteiger partial charge in [-0.25, -0.2) is 4.79 Å². The van der Waals surface area contributed by atoms with Crippen molar-refractivity contribution in [3.8, 4) is 5.75 Å². The first-order valence-electron chi connectivity index (χ1n) is 8.25. The highest BCUT2D eigenvalue weighted by atomic mass is 16.5. The Bertz CT molecular complexity index is 488. The van der Waals surface area contributed by atoms with E-state index >= 15 is 0 Å². The Hall–Kier alpha value is -1.71. The highest BCUT2D eigenvalue weighted by molar-refractivity contribution is 5.74. The number of amides is 2. The van der Waals surface area contributed by atoms with Crippen molar-refractivity contribution in [1.82, 2.24) is 10.6 Å². The number of carbonyl (C=O) groups is 1. The van der Waals surface area contributed by atoms with Gasteiger partial charge in [0.15, 0.2) is 0 Å². The van der Waals surface area contributed by atoms with Gasteiger partial charge in [-0.15, -0.1) is 0 Å². The summed E-state index contributed by atoms with van der Waals surface area (Å²) in [4.78, 5) is 12.0. The van der Waals surface area contributed by atoms with Gasteiger partial charge in [-0.2, -0.15) is 0 Å². The average molecular weight is 304 g/mol. The maximum Gasteiger partial charge on any atom is 0.315 e. The van der Waals surface area contributed by atoms with E-state index in [4.69, 9.17) is 4.74 Å². The van der Waals surface area contributed by atoms with Crippen LogP contribution in [-0.2, 0) is 6.54 Å². The van der Waals surface area contributed by atoms with E-state index in [2.05, 4.69) is 10.6 Å². The van der Waals surface area contributed by atoms with Crippen LogP contribution < -0.4 is 15.4 Å². The van der Waals surface area contributed by atoms with Gasteiger partial charge in [0.05, 0.1) is 0 Å². The molecule has 4 nitrogen and oxygen atoms in total. The summed E-state index contributed by atoms with van der Waals surface area (Å²) in [6, 6.07) is 8.09. The van der Waals surface area contributed by atoms with Crippen molar-refractivity contribution < 1.29 is 9.53 Å². The number of nitrogens with one attached hydrogen (secondary N) is 2. The minimum Gasteiger partial charge on any atom is -0.488 e. The van der Waals surface area contributed by atoms with Crippen molar-refractivity contribution in [2.45, 2.75) is 71.1 Å². The van der Waals surface area contributed by atoms with Crippen molar-refractivity contribution >= 4 is 6.03 Å². The van der Waals surface area contributed by atoms with Crippen molar-refractivity contribution in [2.24, 2.45) is 0 Å². The molecule has 1 fully saturated rings. The number of urea groups is 1. The van der Waals surface area contributed by atoms with E-state index < -0.39 is 0 Å². The maximum absolute atomic E-state index is 12.0. The summed E-state index contributed by atoms with van der Waals surface area (Å²) >= 11 is 0. The zero-order chi connectivity index (χ0) is 16.0. The molecule has 1 aliphatic rings. The summed E-state index contributed by atoms with van der Waals surface area (Å²) in [7, 11) is 0. The monoisotopic (exact) mass is 304 g/mol. The first-order chi connectivity index (χ1) is 10.4. The van der Waals surface area contributed by atoms with Crippen molar-refractivity contribution in [1.29, 1.82) is 0 Å². The number of carbonyl (C=O) groups excluding carboxylic acids is 1. The molecule has 0 aliphatic heterocycles. The lowest BCUT2D eigenvalue weighted by molar-refractivity contribution is 0.129. The van der Waals surface area contributed by atoms with Crippen molar-refractivity contribution in [2.75, 3.05) is 0 Å². The van der Waals surface area contributed by atoms with Crippen LogP contribution in [0.4, 0.5) is 4.79 Å². The van der Waals surface area contributed by atoms with Crippen LogP contribution in [0.25, 0.3) is 0 Å². The summed E-state index contributed by atoms with van der Waals surface area (Å²) in [6.45, 7) is 6.54. The second kappa shape index (κ2) is 7.52. The van der Waals surface area contributed by atoms with Crippen LogP contribution in [0.3, 0.4) is 0 Å². The molecule has 0 spiro atoms. The van der Waals surface area contributed by atoms with E-state index in [0.717, 1.165) is 24.2 Å². The number of rotatable bonds is 4.